The van der Waals surface area contributed by atoms with Crippen LogP contribution in [0.25, 0.3) is 11.1 Å². The van der Waals surface area contributed by atoms with E-state index < -0.39 is 5.97 Å². The van der Waals surface area contributed by atoms with E-state index in [0.717, 1.165) is 0 Å². The van der Waals surface area contributed by atoms with Gasteiger partial charge in [-0.2, -0.15) is 0 Å². The molecule has 0 spiro atoms. The van der Waals surface area contributed by atoms with Crippen molar-refractivity contribution >= 4 is 11.8 Å². The number of carbonyl (C=O) groups excluding carboxylic acids is 2. The molecule has 0 aromatic carbocycles. The van der Waals surface area contributed by atoms with Gasteiger partial charge in [0.2, 0.25) is 0 Å². The van der Waals surface area contributed by atoms with Crippen LogP contribution in [0.4, 0.5) is 0 Å². The highest BCUT2D eigenvalue weighted by molar-refractivity contribution is 6.10. The number of Topliss-reactive ketones (excluding diaryl/α,β-unsaturated/α-hetero) is 1. The number of ketones is 1. The minimum absolute atomic E-state index is 0.109. The van der Waals surface area contributed by atoms with E-state index in [1.807, 2.05) is 19.1 Å². The molecule has 0 saturated carbocycles. The highest BCUT2D eigenvalue weighted by Crippen LogP contribution is 2.39. The lowest BCUT2D eigenvalue weighted by atomic mass is 10.1. The van der Waals surface area contributed by atoms with Crippen LogP contribution < -0.4 is 4.74 Å². The summed E-state index contributed by atoms with van der Waals surface area (Å²) < 4.78 is 10.7. The Bertz CT molecular complexity index is 646. The minimum Gasteiger partial charge on any atom is -0.493 e. The average molecular weight is 286 g/mol. The summed E-state index contributed by atoms with van der Waals surface area (Å²) in [5, 5.41) is 0. The van der Waals surface area contributed by atoms with Crippen LogP contribution in [0.15, 0.2) is 30.3 Å². The van der Waals surface area contributed by atoms with E-state index in [1.54, 1.807) is 25.1 Å². The first-order chi connectivity index (χ1) is 10.1. The van der Waals surface area contributed by atoms with Gasteiger partial charge in [0.05, 0.1) is 18.8 Å². The maximum atomic E-state index is 12.1. The van der Waals surface area contributed by atoms with Gasteiger partial charge in [0.15, 0.2) is 5.78 Å². The smallest absolute Gasteiger partial charge is 0.338 e. The summed E-state index contributed by atoms with van der Waals surface area (Å²) >= 11 is 0. The van der Waals surface area contributed by atoms with Crippen LogP contribution in [0.2, 0.25) is 0 Å². The Kier molecular flexibility index (Phi) is 4.58. The van der Waals surface area contributed by atoms with Gasteiger partial charge in [-0.1, -0.05) is 18.2 Å². The third-order valence-electron chi connectivity index (χ3n) is 3.16. The van der Waals surface area contributed by atoms with Crippen molar-refractivity contribution in [3.05, 3.63) is 41.5 Å². The van der Waals surface area contributed by atoms with Crippen molar-refractivity contribution in [2.24, 2.45) is 0 Å². The SMILES string of the molecule is CCOC(=O)c1cc(C(C)=O)c2c(OCC)ccccc1-2. The standard InChI is InChI=1S/C17H18O4/c1-4-20-15-9-7-6-8-12-14(17(19)21-5-2)10-13(11(3)18)16(12)15/h6-10H,4-5H2,1-3H3. The number of esters is 1. The molecule has 0 unspecified atom stereocenters. The van der Waals surface area contributed by atoms with Crippen molar-refractivity contribution < 1.29 is 19.1 Å². The van der Waals surface area contributed by atoms with Crippen LogP contribution >= 0.6 is 0 Å². The van der Waals surface area contributed by atoms with E-state index in [9.17, 15) is 9.59 Å². The van der Waals surface area contributed by atoms with Crippen LogP contribution in [0.3, 0.4) is 0 Å². The molecule has 0 atom stereocenters. The van der Waals surface area contributed by atoms with Crippen LogP contribution in [-0.2, 0) is 4.74 Å². The van der Waals surface area contributed by atoms with Gasteiger partial charge in [-0.05, 0) is 32.9 Å². The molecule has 2 rings (SSSR count). The predicted molar refractivity (Wildman–Crippen MR) is 80.2 cm³/mol. The molecule has 2 aliphatic carbocycles. The number of fused-ring (bicyclic) bond motifs is 1. The number of carbonyl (C=O) groups is 2. The summed E-state index contributed by atoms with van der Waals surface area (Å²) in [6.07, 6.45) is 0. The summed E-state index contributed by atoms with van der Waals surface area (Å²) in [5.74, 6) is 0.0598. The molecule has 0 saturated heterocycles. The molecular weight excluding hydrogens is 268 g/mol. The van der Waals surface area contributed by atoms with Gasteiger partial charge < -0.3 is 9.47 Å². The first-order valence-corrected chi connectivity index (χ1v) is 6.96. The lowest BCUT2D eigenvalue weighted by Crippen LogP contribution is -2.04. The van der Waals surface area contributed by atoms with Gasteiger partial charge in [-0.3, -0.25) is 4.79 Å². The number of hydrogen-bond donors (Lipinski definition) is 0. The summed E-state index contributed by atoms with van der Waals surface area (Å²) in [5.41, 5.74) is 2.21. The lowest BCUT2D eigenvalue weighted by molar-refractivity contribution is 0.0527. The highest BCUT2D eigenvalue weighted by Gasteiger charge is 2.25. The Balaban J connectivity index is 2.70. The molecule has 0 aromatic heterocycles. The number of hydrogen-bond acceptors (Lipinski definition) is 4. The number of rotatable bonds is 5. The van der Waals surface area contributed by atoms with Crippen molar-refractivity contribution in [3.63, 3.8) is 0 Å². The van der Waals surface area contributed by atoms with E-state index in [2.05, 4.69) is 0 Å². The first-order valence-electron chi connectivity index (χ1n) is 6.96. The van der Waals surface area contributed by atoms with Crippen LogP contribution in [0.5, 0.6) is 5.75 Å². The van der Waals surface area contributed by atoms with E-state index in [4.69, 9.17) is 9.47 Å². The monoisotopic (exact) mass is 286 g/mol. The average Bonchev–Trinajstić information content (AvgIpc) is 2.71. The van der Waals surface area contributed by atoms with Gasteiger partial charge in [-0.25, -0.2) is 4.79 Å². The largest absolute Gasteiger partial charge is 0.493 e. The molecule has 4 nitrogen and oxygen atoms in total. The zero-order valence-corrected chi connectivity index (χ0v) is 12.4. The van der Waals surface area contributed by atoms with Crippen LogP contribution in [0, 0.1) is 0 Å². The van der Waals surface area contributed by atoms with Gasteiger partial charge >= 0.3 is 5.97 Å². The molecule has 4 heteroatoms. The Morgan fingerprint density at radius 3 is 2.38 bits per heavy atom. The van der Waals surface area contributed by atoms with Crippen molar-refractivity contribution in [1.29, 1.82) is 0 Å². The fourth-order valence-electron chi connectivity index (χ4n) is 2.32. The fraction of sp³-hybridized carbons (Fsp3) is 0.294. The Morgan fingerprint density at radius 2 is 1.76 bits per heavy atom. The normalized spacial score (nSPS) is 10.4. The number of ether oxygens (including phenoxy) is 2. The summed E-state index contributed by atoms with van der Waals surface area (Å²) in [4.78, 5) is 24.0. The summed E-state index contributed by atoms with van der Waals surface area (Å²) in [6, 6.07) is 8.83. The molecule has 0 N–H and O–H groups in total. The van der Waals surface area contributed by atoms with Crippen molar-refractivity contribution in [2.45, 2.75) is 20.8 Å². The summed E-state index contributed by atoms with van der Waals surface area (Å²) in [7, 11) is 0. The quantitative estimate of drug-likeness (QED) is 0.623. The molecule has 0 amide bonds. The van der Waals surface area contributed by atoms with E-state index in [-0.39, 0.29) is 12.4 Å². The van der Waals surface area contributed by atoms with Crippen LogP contribution in [0.1, 0.15) is 41.5 Å². The van der Waals surface area contributed by atoms with Gasteiger partial charge in [0.1, 0.15) is 5.75 Å². The van der Waals surface area contributed by atoms with E-state index in [0.29, 0.717) is 34.6 Å². The zero-order valence-electron chi connectivity index (χ0n) is 12.4. The molecule has 0 heterocycles. The lowest BCUT2D eigenvalue weighted by Gasteiger charge is -2.08. The van der Waals surface area contributed by atoms with Crippen molar-refractivity contribution in [1.82, 2.24) is 0 Å². The fourth-order valence-corrected chi connectivity index (χ4v) is 2.32. The Hall–Kier alpha value is -2.36. The zero-order chi connectivity index (χ0) is 15.4. The first kappa shape index (κ1) is 15.0. The third kappa shape index (κ3) is 2.89. The van der Waals surface area contributed by atoms with Gasteiger partial charge in [-0.15, -0.1) is 0 Å². The predicted octanol–water partition coefficient (Wildman–Crippen LogP) is 3.57. The van der Waals surface area contributed by atoms with Gasteiger partial charge in [0.25, 0.3) is 0 Å². The summed E-state index contributed by atoms with van der Waals surface area (Å²) in [6.45, 7) is 5.88. The molecule has 0 fully saturated rings. The second-order valence-electron chi connectivity index (χ2n) is 4.55. The van der Waals surface area contributed by atoms with E-state index in [1.165, 1.54) is 6.92 Å². The molecule has 0 aliphatic heterocycles. The topological polar surface area (TPSA) is 52.6 Å². The van der Waals surface area contributed by atoms with Crippen LogP contribution in [-0.4, -0.2) is 25.0 Å². The second-order valence-corrected chi connectivity index (χ2v) is 4.55. The third-order valence-corrected chi connectivity index (χ3v) is 3.16. The molecule has 2 aliphatic rings. The van der Waals surface area contributed by atoms with E-state index >= 15 is 0 Å². The Morgan fingerprint density at radius 1 is 1.05 bits per heavy atom. The minimum atomic E-state index is -0.427. The molecule has 110 valence electrons. The molecule has 0 aromatic rings. The van der Waals surface area contributed by atoms with Gasteiger partial charge in [0, 0.05) is 16.7 Å². The molecular formula is C17H18O4. The maximum Gasteiger partial charge on any atom is 0.338 e. The second kappa shape index (κ2) is 6.39. The van der Waals surface area contributed by atoms with Crippen molar-refractivity contribution in [2.75, 3.05) is 13.2 Å². The highest BCUT2D eigenvalue weighted by atomic mass is 16.5. The molecule has 21 heavy (non-hydrogen) atoms. The maximum absolute atomic E-state index is 12.1. The molecule has 0 bridgehead atoms. The van der Waals surface area contributed by atoms with Crippen molar-refractivity contribution in [3.8, 4) is 16.9 Å². The molecule has 0 radical (unpaired) electrons. The Labute approximate surface area is 124 Å².